The van der Waals surface area contributed by atoms with Crippen LogP contribution in [0.3, 0.4) is 0 Å². The minimum atomic E-state index is -0.430. The maximum atomic E-state index is 12.7. The van der Waals surface area contributed by atoms with Gasteiger partial charge < -0.3 is 9.30 Å². The molecular formula is C22H21N3O3S. The normalized spacial score (nSPS) is 11.2. The molecule has 0 atom stereocenters. The second kappa shape index (κ2) is 7.33. The Morgan fingerprint density at radius 3 is 2.52 bits per heavy atom. The fraction of sp³-hybridized carbons (Fsp3) is 0.227. The minimum Gasteiger partial charge on any atom is -0.456 e. The topological polar surface area (TPSA) is 65.6 Å². The fourth-order valence-corrected chi connectivity index (χ4v) is 4.34. The van der Waals surface area contributed by atoms with Crippen molar-refractivity contribution in [1.29, 1.82) is 0 Å². The van der Waals surface area contributed by atoms with Gasteiger partial charge in [0.05, 0.1) is 11.3 Å². The monoisotopic (exact) mass is 407 g/mol. The summed E-state index contributed by atoms with van der Waals surface area (Å²) in [6.45, 7) is 7.70. The molecular weight excluding hydrogens is 386 g/mol. The van der Waals surface area contributed by atoms with E-state index in [0.717, 1.165) is 22.8 Å². The van der Waals surface area contributed by atoms with Gasteiger partial charge in [0.15, 0.2) is 4.96 Å². The number of rotatable bonds is 4. The highest BCUT2D eigenvalue weighted by Crippen LogP contribution is 2.22. The Morgan fingerprint density at radius 2 is 1.79 bits per heavy atom. The van der Waals surface area contributed by atoms with E-state index >= 15 is 0 Å². The average molecular weight is 407 g/mol. The van der Waals surface area contributed by atoms with E-state index in [1.165, 1.54) is 23.0 Å². The van der Waals surface area contributed by atoms with E-state index in [-0.39, 0.29) is 12.2 Å². The third-order valence-corrected chi connectivity index (χ3v) is 5.87. The van der Waals surface area contributed by atoms with Crippen LogP contribution in [0.2, 0.25) is 0 Å². The first-order valence-corrected chi connectivity index (χ1v) is 10.1. The maximum Gasteiger partial charge on any atom is 0.340 e. The van der Waals surface area contributed by atoms with E-state index in [1.807, 2.05) is 68.0 Å². The summed E-state index contributed by atoms with van der Waals surface area (Å²) in [6, 6.07) is 11.4. The highest BCUT2D eigenvalue weighted by Gasteiger charge is 2.18. The van der Waals surface area contributed by atoms with Gasteiger partial charge in [-0.25, -0.2) is 9.78 Å². The average Bonchev–Trinajstić information content (AvgIpc) is 3.20. The SMILES string of the molecule is Cc1ccc(-n2c(C)cc(C(=O)OCc3cc(=O)n4c(C)csc4n3)c2C)cc1. The van der Waals surface area contributed by atoms with Gasteiger partial charge in [0.25, 0.3) is 5.56 Å². The first-order chi connectivity index (χ1) is 13.8. The van der Waals surface area contributed by atoms with Crippen LogP contribution in [0.5, 0.6) is 0 Å². The number of carbonyl (C=O) groups excluding carboxylic acids is 1. The Labute approximate surface area is 172 Å². The lowest BCUT2D eigenvalue weighted by Crippen LogP contribution is -2.16. The first kappa shape index (κ1) is 19.1. The van der Waals surface area contributed by atoms with Gasteiger partial charge >= 0.3 is 5.97 Å². The quantitative estimate of drug-likeness (QED) is 0.477. The zero-order chi connectivity index (χ0) is 20.7. The molecule has 3 aromatic heterocycles. The molecule has 0 aliphatic heterocycles. The summed E-state index contributed by atoms with van der Waals surface area (Å²) in [6.07, 6.45) is 0. The Kier molecular flexibility index (Phi) is 4.84. The smallest absolute Gasteiger partial charge is 0.340 e. The molecule has 0 aliphatic rings. The van der Waals surface area contributed by atoms with Gasteiger partial charge in [0.1, 0.15) is 6.61 Å². The van der Waals surface area contributed by atoms with Gasteiger partial charge in [-0.15, -0.1) is 11.3 Å². The molecule has 0 spiro atoms. The second-order valence-electron chi connectivity index (χ2n) is 7.11. The lowest BCUT2D eigenvalue weighted by Gasteiger charge is -2.10. The Morgan fingerprint density at radius 1 is 1.07 bits per heavy atom. The lowest BCUT2D eigenvalue weighted by molar-refractivity contribution is 0.0467. The third kappa shape index (κ3) is 3.49. The lowest BCUT2D eigenvalue weighted by atomic mass is 10.2. The van der Waals surface area contributed by atoms with Crippen molar-refractivity contribution in [2.75, 3.05) is 0 Å². The summed E-state index contributed by atoms with van der Waals surface area (Å²) in [5, 5.41) is 1.87. The summed E-state index contributed by atoms with van der Waals surface area (Å²) in [5.74, 6) is -0.430. The molecule has 0 amide bonds. The van der Waals surface area contributed by atoms with Gasteiger partial charge in [-0.2, -0.15) is 0 Å². The van der Waals surface area contributed by atoms with Crippen LogP contribution in [0.15, 0.2) is 46.6 Å². The van der Waals surface area contributed by atoms with Crippen molar-refractivity contribution in [3.05, 3.63) is 86.0 Å². The second-order valence-corrected chi connectivity index (χ2v) is 7.95. The number of carbonyl (C=O) groups is 1. The van der Waals surface area contributed by atoms with Gasteiger partial charge in [-0.3, -0.25) is 9.20 Å². The molecule has 4 rings (SSSR count). The highest BCUT2D eigenvalue weighted by molar-refractivity contribution is 7.15. The summed E-state index contributed by atoms with van der Waals surface area (Å²) in [5.41, 5.74) is 5.56. The molecule has 3 heterocycles. The number of aryl methyl sites for hydroxylation is 3. The van der Waals surface area contributed by atoms with Gasteiger partial charge in [-0.05, 0) is 45.9 Å². The van der Waals surface area contributed by atoms with Gasteiger partial charge in [0.2, 0.25) is 0 Å². The molecule has 29 heavy (non-hydrogen) atoms. The van der Waals surface area contributed by atoms with E-state index in [4.69, 9.17) is 4.74 Å². The van der Waals surface area contributed by atoms with Crippen molar-refractivity contribution in [2.24, 2.45) is 0 Å². The van der Waals surface area contributed by atoms with Crippen molar-refractivity contribution < 1.29 is 9.53 Å². The van der Waals surface area contributed by atoms with Gasteiger partial charge in [0, 0.05) is 34.2 Å². The molecule has 1 aromatic carbocycles. The third-order valence-electron chi connectivity index (χ3n) is 4.92. The standard InChI is InChI=1S/C22H21N3O3S/c1-13-5-7-18(8-6-13)24-14(2)9-19(16(24)4)21(27)28-11-17-10-20(26)25-15(3)12-29-22(25)23-17/h5-10,12H,11H2,1-4H3. The molecule has 0 fully saturated rings. The number of hydrogen-bond donors (Lipinski definition) is 0. The van der Waals surface area contributed by atoms with Crippen LogP contribution in [0.4, 0.5) is 0 Å². The molecule has 0 aliphatic carbocycles. The van der Waals surface area contributed by atoms with Crippen LogP contribution < -0.4 is 5.56 Å². The van der Waals surface area contributed by atoms with Crippen LogP contribution in [0, 0.1) is 27.7 Å². The Bertz CT molecular complexity index is 1280. The summed E-state index contributed by atoms with van der Waals surface area (Å²) in [4.78, 5) is 30.0. The highest BCUT2D eigenvalue weighted by atomic mass is 32.1. The number of hydrogen-bond acceptors (Lipinski definition) is 5. The molecule has 0 radical (unpaired) electrons. The molecule has 7 heteroatoms. The number of ether oxygens (including phenoxy) is 1. The van der Waals surface area contributed by atoms with E-state index < -0.39 is 5.97 Å². The number of thiazole rings is 1. The van der Waals surface area contributed by atoms with Crippen LogP contribution in [-0.2, 0) is 11.3 Å². The molecule has 0 saturated heterocycles. The predicted octanol–water partition coefficient (Wildman–Crippen LogP) is 4.14. The maximum absolute atomic E-state index is 12.7. The van der Waals surface area contributed by atoms with E-state index in [0.29, 0.717) is 16.2 Å². The van der Waals surface area contributed by atoms with Crippen LogP contribution in [-0.4, -0.2) is 19.9 Å². The molecule has 0 unspecified atom stereocenters. The van der Waals surface area contributed by atoms with E-state index in [9.17, 15) is 9.59 Å². The largest absolute Gasteiger partial charge is 0.456 e. The number of aromatic nitrogens is 3. The van der Waals surface area contributed by atoms with Crippen molar-refractivity contribution in [3.63, 3.8) is 0 Å². The number of esters is 1. The number of nitrogens with zero attached hydrogens (tertiary/aromatic N) is 3. The van der Waals surface area contributed by atoms with E-state index in [1.54, 1.807) is 4.40 Å². The van der Waals surface area contributed by atoms with Crippen LogP contribution in [0.25, 0.3) is 10.6 Å². The fourth-order valence-electron chi connectivity index (χ4n) is 3.45. The molecule has 0 N–H and O–H groups in total. The van der Waals surface area contributed by atoms with E-state index in [2.05, 4.69) is 4.98 Å². The number of benzene rings is 1. The molecule has 148 valence electrons. The molecule has 0 saturated carbocycles. The summed E-state index contributed by atoms with van der Waals surface area (Å²) < 4.78 is 9.05. The molecule has 0 bridgehead atoms. The predicted molar refractivity (Wildman–Crippen MR) is 113 cm³/mol. The van der Waals surface area contributed by atoms with Crippen LogP contribution >= 0.6 is 11.3 Å². The minimum absolute atomic E-state index is 0.0459. The summed E-state index contributed by atoms with van der Waals surface area (Å²) >= 11 is 1.39. The van der Waals surface area contributed by atoms with Gasteiger partial charge in [-0.1, -0.05) is 17.7 Å². The molecule has 6 nitrogen and oxygen atoms in total. The van der Waals surface area contributed by atoms with Crippen LogP contribution in [0.1, 0.15) is 38.7 Å². The first-order valence-electron chi connectivity index (χ1n) is 9.25. The molecule has 4 aromatic rings. The Hall–Kier alpha value is -3.19. The van der Waals surface area contributed by atoms with Crippen molar-refractivity contribution in [1.82, 2.24) is 14.0 Å². The zero-order valence-electron chi connectivity index (χ0n) is 16.7. The zero-order valence-corrected chi connectivity index (χ0v) is 17.5. The van der Waals surface area contributed by atoms with Crippen molar-refractivity contribution in [2.45, 2.75) is 34.3 Å². The number of fused-ring (bicyclic) bond motifs is 1. The Balaban J connectivity index is 1.57. The van der Waals surface area contributed by atoms with Crippen molar-refractivity contribution >= 4 is 22.3 Å². The summed E-state index contributed by atoms with van der Waals surface area (Å²) in [7, 11) is 0. The van der Waals surface area contributed by atoms with Crippen molar-refractivity contribution in [3.8, 4) is 5.69 Å².